The van der Waals surface area contributed by atoms with Crippen LogP contribution >= 0.6 is 34.8 Å². The molecule has 0 aliphatic heterocycles. The molecule has 3 aromatic rings. The van der Waals surface area contributed by atoms with Crippen LogP contribution in [0.15, 0.2) is 53.3 Å². The fourth-order valence-corrected chi connectivity index (χ4v) is 3.18. The Bertz CT molecular complexity index is 1040. The number of esters is 1. The molecule has 1 heterocycles. The summed E-state index contributed by atoms with van der Waals surface area (Å²) in [5.41, 5.74) is 1.71. The number of carbonyl (C=O) groups excluding carboxylic acids is 1. The Morgan fingerprint density at radius 2 is 1.58 bits per heavy atom. The number of H-pyrrole nitrogens is 1. The van der Waals surface area contributed by atoms with E-state index in [0.717, 1.165) is 5.56 Å². The van der Waals surface area contributed by atoms with Crippen molar-refractivity contribution in [2.45, 2.75) is 0 Å². The first-order valence-electron chi connectivity index (χ1n) is 7.47. The van der Waals surface area contributed by atoms with Crippen molar-refractivity contribution in [3.05, 3.63) is 79.5 Å². The fourth-order valence-electron chi connectivity index (χ4n) is 2.55. The zero-order chi connectivity index (χ0) is 18.8. The van der Waals surface area contributed by atoms with Crippen LogP contribution in [0.3, 0.4) is 0 Å². The van der Waals surface area contributed by atoms with Crippen molar-refractivity contribution in [2.24, 2.45) is 0 Å². The maximum absolute atomic E-state index is 12.4. The van der Waals surface area contributed by atoms with Gasteiger partial charge in [0.15, 0.2) is 0 Å². The molecular weight excluding hydrogens is 397 g/mol. The Balaban J connectivity index is 2.32. The number of hydrogen-bond donors (Lipinski definition) is 1. The van der Waals surface area contributed by atoms with Gasteiger partial charge in [0.2, 0.25) is 0 Å². The molecule has 0 saturated carbocycles. The summed E-state index contributed by atoms with van der Waals surface area (Å²) in [5.74, 6) is -0.727. The van der Waals surface area contributed by atoms with E-state index in [-0.39, 0.29) is 5.56 Å². The van der Waals surface area contributed by atoms with E-state index in [4.69, 9.17) is 34.8 Å². The minimum atomic E-state index is -0.727. The van der Waals surface area contributed by atoms with Crippen LogP contribution in [0, 0.1) is 0 Å². The summed E-state index contributed by atoms with van der Waals surface area (Å²) in [6.45, 7) is 0. The molecule has 0 aliphatic rings. The number of aromatic nitrogens is 1. The molecule has 4 nitrogen and oxygen atoms in total. The minimum Gasteiger partial charge on any atom is -0.465 e. The standard InChI is InChI=1S/C19H12Cl3NO3/c1-26-19(25)15-9-14(10-2-4-11(20)5-3-10)17(23-18(15)24)13-7-6-12(21)8-16(13)22/h2-9H,1H3,(H,23,24). The number of halogens is 3. The van der Waals surface area contributed by atoms with Crippen LogP contribution in [0.5, 0.6) is 0 Å². The molecule has 0 bridgehead atoms. The highest BCUT2D eigenvalue weighted by Gasteiger charge is 2.19. The quantitative estimate of drug-likeness (QED) is 0.586. The second-order valence-electron chi connectivity index (χ2n) is 5.42. The van der Waals surface area contributed by atoms with Gasteiger partial charge in [0.25, 0.3) is 5.56 Å². The van der Waals surface area contributed by atoms with E-state index in [1.165, 1.54) is 13.2 Å². The molecule has 26 heavy (non-hydrogen) atoms. The first-order valence-corrected chi connectivity index (χ1v) is 8.61. The lowest BCUT2D eigenvalue weighted by molar-refractivity contribution is 0.0599. The fraction of sp³-hybridized carbons (Fsp3) is 0.0526. The lowest BCUT2D eigenvalue weighted by Crippen LogP contribution is -2.20. The molecule has 0 amide bonds. The number of carbonyl (C=O) groups is 1. The van der Waals surface area contributed by atoms with Gasteiger partial charge in [-0.1, -0.05) is 46.9 Å². The molecule has 132 valence electrons. The van der Waals surface area contributed by atoms with Gasteiger partial charge >= 0.3 is 5.97 Å². The van der Waals surface area contributed by atoms with E-state index in [1.807, 2.05) is 0 Å². The minimum absolute atomic E-state index is 0.105. The van der Waals surface area contributed by atoms with Crippen LogP contribution in [-0.2, 0) is 4.74 Å². The molecule has 0 unspecified atom stereocenters. The first kappa shape index (κ1) is 18.5. The molecule has 0 radical (unpaired) electrons. The highest BCUT2D eigenvalue weighted by Crippen LogP contribution is 2.35. The van der Waals surface area contributed by atoms with Crippen LogP contribution in [0.4, 0.5) is 0 Å². The number of pyridine rings is 1. The van der Waals surface area contributed by atoms with Gasteiger partial charge in [0.05, 0.1) is 17.8 Å². The van der Waals surface area contributed by atoms with Crippen molar-refractivity contribution in [1.29, 1.82) is 0 Å². The van der Waals surface area contributed by atoms with Gasteiger partial charge in [0, 0.05) is 21.2 Å². The van der Waals surface area contributed by atoms with Gasteiger partial charge < -0.3 is 9.72 Å². The van der Waals surface area contributed by atoms with Gasteiger partial charge in [-0.3, -0.25) is 4.79 Å². The molecule has 0 aliphatic carbocycles. The number of aromatic amines is 1. The van der Waals surface area contributed by atoms with Crippen molar-refractivity contribution in [3.8, 4) is 22.4 Å². The van der Waals surface area contributed by atoms with Crippen LogP contribution in [0.2, 0.25) is 15.1 Å². The average molecular weight is 409 g/mol. The number of nitrogens with one attached hydrogen (secondary N) is 1. The number of hydrogen-bond acceptors (Lipinski definition) is 3. The summed E-state index contributed by atoms with van der Waals surface area (Å²) >= 11 is 18.2. The largest absolute Gasteiger partial charge is 0.465 e. The number of rotatable bonds is 3. The summed E-state index contributed by atoms with van der Waals surface area (Å²) in [6.07, 6.45) is 0. The molecule has 3 rings (SSSR count). The average Bonchev–Trinajstić information content (AvgIpc) is 2.62. The van der Waals surface area contributed by atoms with Crippen LogP contribution in [0.25, 0.3) is 22.4 Å². The normalized spacial score (nSPS) is 10.6. The molecule has 0 spiro atoms. The molecule has 0 atom stereocenters. The smallest absolute Gasteiger partial charge is 0.343 e. The van der Waals surface area contributed by atoms with Gasteiger partial charge in [0.1, 0.15) is 5.56 Å². The third kappa shape index (κ3) is 3.63. The molecule has 1 aromatic heterocycles. The van der Waals surface area contributed by atoms with Crippen molar-refractivity contribution in [2.75, 3.05) is 7.11 Å². The van der Waals surface area contributed by atoms with E-state index < -0.39 is 11.5 Å². The summed E-state index contributed by atoms with van der Waals surface area (Å²) in [4.78, 5) is 27.0. The maximum atomic E-state index is 12.4. The van der Waals surface area contributed by atoms with Crippen molar-refractivity contribution >= 4 is 40.8 Å². The first-order chi connectivity index (χ1) is 12.4. The SMILES string of the molecule is COC(=O)c1cc(-c2ccc(Cl)cc2)c(-c2ccc(Cl)cc2Cl)[nH]c1=O. The van der Waals surface area contributed by atoms with E-state index in [0.29, 0.717) is 31.9 Å². The summed E-state index contributed by atoms with van der Waals surface area (Å²) in [6, 6.07) is 13.4. The van der Waals surface area contributed by atoms with Gasteiger partial charge in [-0.15, -0.1) is 0 Å². The summed E-state index contributed by atoms with van der Waals surface area (Å²) < 4.78 is 4.69. The van der Waals surface area contributed by atoms with Crippen molar-refractivity contribution in [3.63, 3.8) is 0 Å². The zero-order valence-corrected chi connectivity index (χ0v) is 15.7. The Morgan fingerprint density at radius 3 is 2.19 bits per heavy atom. The Labute approximate surface area is 164 Å². The molecule has 1 N–H and O–H groups in total. The lowest BCUT2D eigenvalue weighted by atomic mass is 9.97. The van der Waals surface area contributed by atoms with Crippen LogP contribution < -0.4 is 5.56 Å². The van der Waals surface area contributed by atoms with E-state index in [2.05, 4.69) is 9.72 Å². The lowest BCUT2D eigenvalue weighted by Gasteiger charge is -2.13. The highest BCUT2D eigenvalue weighted by molar-refractivity contribution is 6.36. The third-order valence-electron chi connectivity index (χ3n) is 3.80. The highest BCUT2D eigenvalue weighted by atomic mass is 35.5. The third-order valence-corrected chi connectivity index (χ3v) is 4.60. The Morgan fingerprint density at radius 1 is 0.923 bits per heavy atom. The van der Waals surface area contributed by atoms with E-state index in [1.54, 1.807) is 42.5 Å². The van der Waals surface area contributed by atoms with Gasteiger partial charge in [-0.05, 0) is 42.0 Å². The van der Waals surface area contributed by atoms with Crippen molar-refractivity contribution in [1.82, 2.24) is 4.98 Å². The molecule has 2 aromatic carbocycles. The Kier molecular flexibility index (Phi) is 5.37. The van der Waals surface area contributed by atoms with E-state index in [9.17, 15) is 9.59 Å². The Hall–Kier alpha value is -2.27. The topological polar surface area (TPSA) is 59.2 Å². The summed E-state index contributed by atoms with van der Waals surface area (Å²) in [7, 11) is 1.22. The maximum Gasteiger partial charge on any atom is 0.343 e. The second-order valence-corrected chi connectivity index (χ2v) is 6.70. The van der Waals surface area contributed by atoms with Gasteiger partial charge in [-0.25, -0.2) is 4.79 Å². The molecule has 0 fully saturated rings. The second kappa shape index (κ2) is 7.54. The molecule has 7 heteroatoms. The predicted octanol–water partition coefficient (Wildman–Crippen LogP) is 5.46. The van der Waals surface area contributed by atoms with Gasteiger partial charge in [-0.2, -0.15) is 0 Å². The number of ether oxygens (including phenoxy) is 1. The number of methoxy groups -OCH3 is 1. The van der Waals surface area contributed by atoms with Crippen LogP contribution in [-0.4, -0.2) is 18.1 Å². The van der Waals surface area contributed by atoms with Crippen LogP contribution in [0.1, 0.15) is 10.4 Å². The molecular formula is C19H12Cl3NO3. The predicted molar refractivity (Wildman–Crippen MR) is 104 cm³/mol. The zero-order valence-electron chi connectivity index (χ0n) is 13.5. The molecule has 0 saturated heterocycles. The summed E-state index contributed by atoms with van der Waals surface area (Å²) in [5, 5.41) is 1.41. The van der Waals surface area contributed by atoms with E-state index >= 15 is 0 Å². The van der Waals surface area contributed by atoms with Crippen molar-refractivity contribution < 1.29 is 9.53 Å². The number of benzene rings is 2. The monoisotopic (exact) mass is 407 g/mol.